The van der Waals surface area contributed by atoms with Crippen LogP contribution in [0.1, 0.15) is 126 Å². The second-order valence-electron chi connectivity index (χ2n) is 12.1. The molecule has 0 unspecified atom stereocenters. The molecule has 0 amide bonds. The second-order valence-corrected chi connectivity index (χ2v) is 12.1. The van der Waals surface area contributed by atoms with Gasteiger partial charge in [0.25, 0.3) is 0 Å². The predicted octanol–water partition coefficient (Wildman–Crippen LogP) is 9.07. The average Bonchev–Trinajstić information content (AvgIpc) is 2.94. The van der Waals surface area contributed by atoms with Gasteiger partial charge in [0.15, 0.2) is 0 Å². The van der Waals surface area contributed by atoms with Crippen molar-refractivity contribution in [2.24, 2.45) is 0 Å². The Morgan fingerprint density at radius 1 is 0.667 bits per heavy atom. The van der Waals surface area contributed by atoms with Gasteiger partial charge in [0.2, 0.25) is 0 Å². The van der Waals surface area contributed by atoms with Crippen molar-refractivity contribution < 1.29 is 19.1 Å². The minimum Gasteiger partial charge on any atom is -0.423 e. The molecular formula is C35H44O4. The molecule has 4 rings (SSSR count). The minimum atomic E-state index is -0.379. The van der Waals surface area contributed by atoms with Crippen molar-refractivity contribution in [3.8, 4) is 11.5 Å². The third-order valence-corrected chi connectivity index (χ3v) is 8.66. The molecule has 0 bridgehead atoms. The van der Waals surface area contributed by atoms with Crippen LogP contribution in [0.25, 0.3) is 0 Å². The van der Waals surface area contributed by atoms with E-state index in [1.807, 2.05) is 12.1 Å². The largest absolute Gasteiger partial charge is 0.423 e. The fraction of sp³-hybridized carbons (Fsp3) is 0.486. The Labute approximate surface area is 234 Å². The number of carbonyl (C=O) groups excluding carboxylic acids is 2. The topological polar surface area (TPSA) is 52.6 Å². The van der Waals surface area contributed by atoms with Crippen molar-refractivity contribution in [3.63, 3.8) is 0 Å². The van der Waals surface area contributed by atoms with Gasteiger partial charge in [-0.25, -0.2) is 9.59 Å². The van der Waals surface area contributed by atoms with Gasteiger partial charge in [-0.3, -0.25) is 0 Å². The average molecular weight is 529 g/mol. The third kappa shape index (κ3) is 6.72. The molecule has 2 aromatic carbocycles. The first-order valence-electron chi connectivity index (χ1n) is 14.6. The quantitative estimate of drug-likeness (QED) is 0.195. The van der Waals surface area contributed by atoms with Crippen LogP contribution < -0.4 is 9.47 Å². The summed E-state index contributed by atoms with van der Waals surface area (Å²) >= 11 is 0. The first-order valence-corrected chi connectivity index (χ1v) is 14.6. The van der Waals surface area contributed by atoms with Crippen LogP contribution in [-0.4, -0.2) is 11.9 Å². The fourth-order valence-corrected chi connectivity index (χ4v) is 6.07. The molecule has 208 valence electrons. The van der Waals surface area contributed by atoms with Gasteiger partial charge < -0.3 is 9.47 Å². The van der Waals surface area contributed by atoms with Crippen molar-refractivity contribution in [1.29, 1.82) is 0 Å². The maximum absolute atomic E-state index is 12.4. The van der Waals surface area contributed by atoms with Crippen LogP contribution in [0.3, 0.4) is 0 Å². The summed E-state index contributed by atoms with van der Waals surface area (Å²) in [5.74, 6) is 1.30. The molecule has 0 radical (unpaired) electrons. The van der Waals surface area contributed by atoms with Crippen LogP contribution in [0.15, 0.2) is 60.7 Å². The Balaban J connectivity index is 1.74. The summed E-state index contributed by atoms with van der Waals surface area (Å²) in [7, 11) is 0. The molecule has 0 spiro atoms. The zero-order chi connectivity index (χ0) is 28.2. The highest BCUT2D eigenvalue weighted by molar-refractivity contribution is 5.89. The minimum absolute atomic E-state index is 0.305. The van der Waals surface area contributed by atoms with Crippen LogP contribution >= 0.6 is 0 Å². The molecular weight excluding hydrogens is 484 g/mol. The molecule has 0 aliphatic heterocycles. The molecule has 4 heteroatoms. The van der Waals surface area contributed by atoms with E-state index in [2.05, 4.69) is 51.3 Å². The molecule has 2 aliphatic carbocycles. The van der Waals surface area contributed by atoms with Crippen LogP contribution in [-0.2, 0) is 15.0 Å². The zero-order valence-corrected chi connectivity index (χ0v) is 24.2. The summed E-state index contributed by atoms with van der Waals surface area (Å²) in [5, 5.41) is 0. The van der Waals surface area contributed by atoms with Crippen molar-refractivity contribution >= 4 is 11.9 Å². The van der Waals surface area contributed by atoms with Crippen molar-refractivity contribution in [2.75, 3.05) is 0 Å². The Morgan fingerprint density at radius 3 is 1.36 bits per heavy atom. The van der Waals surface area contributed by atoms with E-state index in [4.69, 9.17) is 9.47 Å². The van der Waals surface area contributed by atoms with Gasteiger partial charge in [-0.05, 0) is 85.8 Å². The molecule has 4 nitrogen and oxygen atoms in total. The number of rotatable bonds is 8. The van der Waals surface area contributed by atoms with E-state index in [9.17, 15) is 9.59 Å². The lowest BCUT2D eigenvalue weighted by atomic mass is 9.74. The normalized spacial score (nSPS) is 16.9. The molecule has 0 heterocycles. The number of carbonyl (C=O) groups is 2. The van der Waals surface area contributed by atoms with Crippen molar-refractivity contribution in [2.45, 2.75) is 109 Å². The van der Waals surface area contributed by atoms with Gasteiger partial charge in [-0.15, -0.1) is 0 Å². The van der Waals surface area contributed by atoms with Crippen LogP contribution in [0.5, 0.6) is 11.5 Å². The highest BCUT2D eigenvalue weighted by atomic mass is 16.5. The van der Waals surface area contributed by atoms with E-state index in [1.54, 1.807) is 13.8 Å². The molecule has 0 saturated heterocycles. The van der Waals surface area contributed by atoms with E-state index < -0.39 is 0 Å². The Kier molecular flexibility index (Phi) is 9.15. The molecule has 2 aromatic rings. The van der Waals surface area contributed by atoms with E-state index in [-0.39, 0.29) is 17.4 Å². The molecule has 2 fully saturated rings. The van der Waals surface area contributed by atoms with E-state index >= 15 is 0 Å². The molecule has 39 heavy (non-hydrogen) atoms. The lowest BCUT2D eigenvalue weighted by molar-refractivity contribution is -0.131. The summed E-state index contributed by atoms with van der Waals surface area (Å²) in [5.41, 5.74) is 5.09. The van der Waals surface area contributed by atoms with E-state index in [0.29, 0.717) is 34.5 Å². The lowest BCUT2D eigenvalue weighted by Gasteiger charge is -2.31. The predicted molar refractivity (Wildman–Crippen MR) is 158 cm³/mol. The molecule has 0 aromatic heterocycles. The summed E-state index contributed by atoms with van der Waals surface area (Å²) in [6.45, 7) is 15.4. The summed E-state index contributed by atoms with van der Waals surface area (Å²) in [4.78, 5) is 24.9. The van der Waals surface area contributed by atoms with Gasteiger partial charge >= 0.3 is 11.9 Å². The summed E-state index contributed by atoms with van der Waals surface area (Å²) < 4.78 is 11.6. The molecule has 2 aliphatic rings. The third-order valence-electron chi connectivity index (χ3n) is 8.66. The number of ether oxygens (including phenoxy) is 2. The zero-order valence-electron chi connectivity index (χ0n) is 24.2. The highest BCUT2D eigenvalue weighted by Crippen LogP contribution is 2.44. The maximum atomic E-state index is 12.4. The number of hydrogen-bond acceptors (Lipinski definition) is 4. The maximum Gasteiger partial charge on any atom is 0.338 e. The van der Waals surface area contributed by atoms with Crippen LogP contribution in [0.2, 0.25) is 0 Å². The van der Waals surface area contributed by atoms with Gasteiger partial charge in [0, 0.05) is 16.6 Å². The molecule has 2 saturated carbocycles. The van der Waals surface area contributed by atoms with Crippen molar-refractivity contribution in [1.82, 2.24) is 0 Å². The molecule has 0 atom stereocenters. The first kappa shape index (κ1) is 28.9. The van der Waals surface area contributed by atoms with Crippen LogP contribution in [0.4, 0.5) is 0 Å². The van der Waals surface area contributed by atoms with Crippen LogP contribution in [0, 0.1) is 0 Å². The Bertz CT molecular complexity index is 1140. The SMILES string of the molecule is C=C(C)C(=O)Oc1ccc(C(C)(C)c2ccc(OC(=O)C(=C)C)c(C3CCCCC3)c2)cc1C1CCCCC1. The first-order chi connectivity index (χ1) is 18.6. The van der Waals surface area contributed by atoms with Gasteiger partial charge in [0.1, 0.15) is 11.5 Å². The van der Waals surface area contributed by atoms with Gasteiger partial charge in [-0.1, -0.05) is 89.8 Å². The van der Waals surface area contributed by atoms with E-state index in [0.717, 1.165) is 36.8 Å². The lowest BCUT2D eigenvalue weighted by Crippen LogP contribution is -2.21. The van der Waals surface area contributed by atoms with Crippen molar-refractivity contribution in [3.05, 3.63) is 83.0 Å². The monoisotopic (exact) mass is 528 g/mol. The number of benzene rings is 2. The second kappa shape index (κ2) is 12.4. The van der Waals surface area contributed by atoms with E-state index in [1.165, 1.54) is 49.7 Å². The highest BCUT2D eigenvalue weighted by Gasteiger charge is 2.30. The Hall–Kier alpha value is -3.14. The fourth-order valence-electron chi connectivity index (χ4n) is 6.07. The number of esters is 2. The summed E-state index contributed by atoms with van der Waals surface area (Å²) in [6, 6.07) is 12.6. The standard InChI is InChI=1S/C35H44O4/c1-23(2)33(36)38-31-19-17-27(21-29(31)25-13-9-7-10-14-25)35(5,6)28-18-20-32(39-34(37)24(3)4)30(22-28)26-15-11-8-12-16-26/h17-22,25-26H,1,3,7-16H2,2,4-6H3. The molecule has 0 N–H and O–H groups in total. The Morgan fingerprint density at radius 2 is 1.03 bits per heavy atom. The summed E-state index contributed by atoms with van der Waals surface area (Å²) in [6.07, 6.45) is 11.7. The van der Waals surface area contributed by atoms with Gasteiger partial charge in [-0.2, -0.15) is 0 Å². The number of hydrogen-bond donors (Lipinski definition) is 0. The smallest absolute Gasteiger partial charge is 0.338 e. The van der Waals surface area contributed by atoms with Gasteiger partial charge in [0.05, 0.1) is 0 Å².